The highest BCUT2D eigenvalue weighted by Gasteiger charge is 2.22. The highest BCUT2D eigenvalue weighted by atomic mass is 35.5. The van der Waals surface area contributed by atoms with Gasteiger partial charge < -0.3 is 9.26 Å². The molecule has 0 unspecified atom stereocenters. The third kappa shape index (κ3) is 2.04. The van der Waals surface area contributed by atoms with Gasteiger partial charge in [0.05, 0.1) is 22.0 Å². The van der Waals surface area contributed by atoms with E-state index in [-0.39, 0.29) is 11.6 Å². The minimum absolute atomic E-state index is 0.0604. The molecule has 0 atom stereocenters. The number of nitrogens with zero attached hydrogens (tertiary/aromatic N) is 2. The second-order valence-corrected chi connectivity index (χ2v) is 5.63. The van der Waals surface area contributed by atoms with Crippen LogP contribution in [-0.4, -0.2) is 22.9 Å². The fourth-order valence-electron chi connectivity index (χ4n) is 2.81. The lowest BCUT2D eigenvalue weighted by Gasteiger charge is -2.20. The summed E-state index contributed by atoms with van der Waals surface area (Å²) < 4.78 is 12.6. The summed E-state index contributed by atoms with van der Waals surface area (Å²) in [4.78, 5) is 16.8. The summed E-state index contributed by atoms with van der Waals surface area (Å²) in [6.45, 7) is 1.31. The van der Waals surface area contributed by atoms with Crippen LogP contribution in [0.15, 0.2) is 33.7 Å². The zero-order valence-electron chi connectivity index (χ0n) is 11.2. The van der Waals surface area contributed by atoms with E-state index < -0.39 is 0 Å². The molecular weight excluding hydrogens is 292 g/mol. The highest BCUT2D eigenvalue weighted by Crippen LogP contribution is 2.27. The maximum Gasteiger partial charge on any atom is 0.290 e. The predicted molar refractivity (Wildman–Crippen MR) is 79.9 cm³/mol. The second-order valence-electron chi connectivity index (χ2n) is 5.22. The van der Waals surface area contributed by atoms with E-state index >= 15 is 0 Å². The largest absolute Gasteiger partial charge is 0.381 e. The normalized spacial score (nSPS) is 16.8. The first-order valence-corrected chi connectivity index (χ1v) is 7.29. The van der Waals surface area contributed by atoms with E-state index in [4.69, 9.17) is 20.9 Å². The Bertz CT molecular complexity index is 878. The van der Waals surface area contributed by atoms with Gasteiger partial charge in [-0.15, -0.1) is 0 Å². The van der Waals surface area contributed by atoms with Crippen molar-refractivity contribution in [3.8, 4) is 0 Å². The molecule has 0 aliphatic carbocycles. The number of ether oxygens (including phenoxy) is 1. The Morgan fingerprint density at radius 2 is 2.05 bits per heavy atom. The average molecular weight is 305 g/mol. The highest BCUT2D eigenvalue weighted by molar-refractivity contribution is 6.35. The van der Waals surface area contributed by atoms with Crippen molar-refractivity contribution in [2.75, 3.05) is 13.2 Å². The van der Waals surface area contributed by atoms with E-state index in [1.165, 1.54) is 4.74 Å². The first kappa shape index (κ1) is 12.9. The molecule has 1 fully saturated rings. The van der Waals surface area contributed by atoms with Crippen molar-refractivity contribution >= 4 is 33.5 Å². The molecule has 0 bridgehead atoms. The van der Waals surface area contributed by atoms with Gasteiger partial charge in [-0.25, -0.2) is 0 Å². The van der Waals surface area contributed by atoms with Crippen LogP contribution in [0.1, 0.15) is 18.9 Å². The zero-order chi connectivity index (χ0) is 14.4. The molecule has 1 aliphatic heterocycles. The fraction of sp³-hybridized carbons (Fsp3) is 0.333. The lowest BCUT2D eigenvalue weighted by atomic mass is 10.1. The van der Waals surface area contributed by atoms with Crippen LogP contribution >= 0.6 is 11.6 Å². The number of aromatic nitrogens is 2. The van der Waals surface area contributed by atoms with Crippen LogP contribution in [-0.2, 0) is 4.74 Å². The summed E-state index contributed by atoms with van der Waals surface area (Å²) in [5.41, 5.74) is 1.16. The van der Waals surface area contributed by atoms with Gasteiger partial charge in [-0.3, -0.25) is 9.78 Å². The molecule has 4 rings (SSSR count). The Balaban J connectivity index is 1.95. The number of fused-ring (bicyclic) bond motifs is 2. The van der Waals surface area contributed by atoms with E-state index in [0.717, 1.165) is 23.7 Å². The third-order valence-electron chi connectivity index (χ3n) is 3.94. The zero-order valence-corrected chi connectivity index (χ0v) is 12.0. The molecule has 5 nitrogen and oxygen atoms in total. The minimum Gasteiger partial charge on any atom is -0.381 e. The van der Waals surface area contributed by atoms with Gasteiger partial charge in [0, 0.05) is 30.9 Å². The second kappa shape index (κ2) is 4.86. The molecule has 108 valence electrons. The first-order chi connectivity index (χ1) is 10.2. The van der Waals surface area contributed by atoms with Gasteiger partial charge in [0.15, 0.2) is 5.58 Å². The van der Waals surface area contributed by atoms with E-state index in [1.54, 1.807) is 24.4 Å². The molecule has 1 aromatic carbocycles. The molecule has 0 saturated carbocycles. The molecule has 3 aromatic rings. The summed E-state index contributed by atoms with van der Waals surface area (Å²) >= 11 is 6.17. The Hall–Kier alpha value is -1.85. The summed E-state index contributed by atoms with van der Waals surface area (Å²) in [6, 6.07) is 5.31. The quantitative estimate of drug-likeness (QED) is 0.693. The van der Waals surface area contributed by atoms with Gasteiger partial charge in [0.1, 0.15) is 0 Å². The molecule has 1 aliphatic rings. The number of benzene rings is 1. The monoisotopic (exact) mass is 304 g/mol. The van der Waals surface area contributed by atoms with Crippen molar-refractivity contribution in [3.63, 3.8) is 0 Å². The standard InChI is InChI=1S/C15H13ClN2O3/c16-12-1-4-17-13-8-14-11(7-10(12)13)15(19)18(21-14)9-2-5-20-6-3-9/h1,4,7-9H,2-3,5-6H2. The van der Waals surface area contributed by atoms with Crippen molar-refractivity contribution in [1.82, 2.24) is 9.72 Å². The Labute approximate surface area is 125 Å². The molecule has 3 heterocycles. The Morgan fingerprint density at radius 1 is 1.24 bits per heavy atom. The number of pyridine rings is 1. The minimum atomic E-state index is -0.112. The maximum absolute atomic E-state index is 12.5. The van der Waals surface area contributed by atoms with Gasteiger partial charge in [0.2, 0.25) is 0 Å². The first-order valence-electron chi connectivity index (χ1n) is 6.91. The Morgan fingerprint density at radius 3 is 2.86 bits per heavy atom. The number of halogens is 1. The van der Waals surface area contributed by atoms with Gasteiger partial charge in [-0.2, -0.15) is 4.74 Å². The SMILES string of the molecule is O=c1c2cc3c(Cl)ccnc3cc2on1C1CCOCC1. The lowest BCUT2D eigenvalue weighted by Crippen LogP contribution is -2.26. The smallest absolute Gasteiger partial charge is 0.290 e. The van der Waals surface area contributed by atoms with Crippen LogP contribution in [0.4, 0.5) is 0 Å². The molecule has 1 saturated heterocycles. The van der Waals surface area contributed by atoms with Crippen molar-refractivity contribution in [3.05, 3.63) is 39.8 Å². The van der Waals surface area contributed by atoms with Crippen molar-refractivity contribution < 1.29 is 9.26 Å². The summed E-state index contributed by atoms with van der Waals surface area (Å²) in [7, 11) is 0. The van der Waals surface area contributed by atoms with Gasteiger partial charge in [-0.1, -0.05) is 11.6 Å². The maximum atomic E-state index is 12.5. The summed E-state index contributed by atoms with van der Waals surface area (Å²) in [5, 5.41) is 1.90. The average Bonchev–Trinajstić information content (AvgIpc) is 2.84. The van der Waals surface area contributed by atoms with E-state index in [0.29, 0.717) is 29.2 Å². The molecule has 21 heavy (non-hydrogen) atoms. The lowest BCUT2D eigenvalue weighted by molar-refractivity contribution is 0.0448. The van der Waals surface area contributed by atoms with Gasteiger partial charge >= 0.3 is 0 Å². The topological polar surface area (TPSA) is 57.3 Å². The molecule has 0 N–H and O–H groups in total. The van der Waals surface area contributed by atoms with E-state index in [1.807, 2.05) is 0 Å². The van der Waals surface area contributed by atoms with Crippen molar-refractivity contribution in [1.29, 1.82) is 0 Å². The van der Waals surface area contributed by atoms with Crippen LogP contribution in [0.5, 0.6) is 0 Å². The Kier molecular flexibility index (Phi) is 2.97. The molecular formula is C15H13ClN2O3. The predicted octanol–water partition coefficient (Wildman–Crippen LogP) is 3.15. The molecule has 0 amide bonds. The van der Waals surface area contributed by atoms with Crippen LogP contribution in [0, 0.1) is 0 Å². The van der Waals surface area contributed by atoms with Gasteiger partial charge in [0.25, 0.3) is 5.56 Å². The van der Waals surface area contributed by atoms with Crippen LogP contribution in [0.3, 0.4) is 0 Å². The summed E-state index contributed by atoms with van der Waals surface area (Å²) in [6.07, 6.45) is 3.22. The van der Waals surface area contributed by atoms with Crippen LogP contribution in [0.25, 0.3) is 21.9 Å². The number of hydrogen-bond acceptors (Lipinski definition) is 4. The molecule has 2 aromatic heterocycles. The number of hydrogen-bond donors (Lipinski definition) is 0. The van der Waals surface area contributed by atoms with Crippen molar-refractivity contribution in [2.24, 2.45) is 0 Å². The number of rotatable bonds is 1. The molecule has 0 spiro atoms. The molecule has 6 heteroatoms. The van der Waals surface area contributed by atoms with Gasteiger partial charge in [-0.05, 0) is 25.0 Å². The van der Waals surface area contributed by atoms with E-state index in [9.17, 15) is 4.79 Å². The third-order valence-corrected chi connectivity index (χ3v) is 4.27. The fourth-order valence-corrected chi connectivity index (χ4v) is 3.02. The van der Waals surface area contributed by atoms with Crippen molar-refractivity contribution in [2.45, 2.75) is 18.9 Å². The van der Waals surface area contributed by atoms with Crippen LogP contribution < -0.4 is 5.56 Å². The van der Waals surface area contributed by atoms with Crippen LogP contribution in [0.2, 0.25) is 5.02 Å². The summed E-state index contributed by atoms with van der Waals surface area (Å²) in [5.74, 6) is 0. The molecule has 0 radical (unpaired) electrons. The van der Waals surface area contributed by atoms with E-state index in [2.05, 4.69) is 4.98 Å².